The highest BCUT2D eigenvalue weighted by atomic mass is 19.1. The van der Waals surface area contributed by atoms with Crippen LogP contribution in [-0.4, -0.2) is 0 Å². The fraction of sp³-hybridized carbons (Fsp3) is 0.226. The maximum absolute atomic E-state index is 14.8. The zero-order valence-electron chi connectivity index (χ0n) is 18.9. The Kier molecular flexibility index (Phi) is 7.03. The minimum absolute atomic E-state index is 0.243. The molecular weight excluding hydrogens is 391 g/mol. The molecule has 0 saturated heterocycles. The van der Waals surface area contributed by atoms with Gasteiger partial charge in [-0.05, 0) is 72.9 Å². The Hall–Kier alpha value is -3.37. The van der Waals surface area contributed by atoms with Crippen LogP contribution in [0.25, 0.3) is 10.8 Å². The molecule has 0 spiro atoms. The second-order valence-corrected chi connectivity index (χ2v) is 8.52. The minimum Gasteiger partial charge on any atom is -0.205 e. The van der Waals surface area contributed by atoms with E-state index < -0.39 is 0 Å². The van der Waals surface area contributed by atoms with Crippen molar-refractivity contribution in [2.75, 3.05) is 0 Å². The monoisotopic (exact) mass is 420 g/mol. The van der Waals surface area contributed by atoms with Crippen LogP contribution < -0.4 is 0 Å². The zero-order valence-corrected chi connectivity index (χ0v) is 18.9. The number of rotatable bonds is 6. The maximum Gasteiger partial charge on any atom is 0.146 e. The predicted octanol–water partition coefficient (Wildman–Crippen LogP) is 7.81. The average molecular weight is 421 g/mol. The Morgan fingerprint density at radius 2 is 1.31 bits per heavy atom. The Labute approximate surface area is 191 Å². The number of halogens is 1. The molecule has 0 aliphatic carbocycles. The van der Waals surface area contributed by atoms with Gasteiger partial charge in [-0.25, -0.2) is 4.39 Å². The molecule has 1 heteroatoms. The average Bonchev–Trinajstić information content (AvgIpc) is 2.82. The van der Waals surface area contributed by atoms with Gasteiger partial charge in [0.15, 0.2) is 0 Å². The standard InChI is InChI=1S/C31H29F/c1-3-4-5-24-7-9-25(10-8-24)11-12-26-13-15-27(16-14-26)17-18-28-19-20-29-22-23(2)6-21-30(29)31(28)32/h6-10,13-16,19-22H,3-5,11-12H2,1-2H3. The normalized spacial score (nSPS) is 10.7. The van der Waals surface area contributed by atoms with Crippen molar-refractivity contribution in [3.05, 3.63) is 118 Å². The van der Waals surface area contributed by atoms with Gasteiger partial charge in [-0.1, -0.05) is 91.4 Å². The van der Waals surface area contributed by atoms with Gasteiger partial charge in [-0.3, -0.25) is 0 Å². The Morgan fingerprint density at radius 1 is 0.688 bits per heavy atom. The number of fused-ring (bicyclic) bond motifs is 1. The molecule has 0 aromatic heterocycles. The molecule has 4 rings (SSSR count). The Bertz CT molecular complexity index is 1250. The van der Waals surface area contributed by atoms with E-state index in [4.69, 9.17) is 0 Å². The molecule has 0 N–H and O–H groups in total. The van der Waals surface area contributed by atoms with Crippen molar-refractivity contribution in [1.82, 2.24) is 0 Å². The van der Waals surface area contributed by atoms with Crippen molar-refractivity contribution in [1.29, 1.82) is 0 Å². The third-order valence-corrected chi connectivity index (χ3v) is 5.95. The van der Waals surface area contributed by atoms with Crippen LogP contribution in [0.5, 0.6) is 0 Å². The van der Waals surface area contributed by atoms with E-state index in [0.29, 0.717) is 10.9 Å². The van der Waals surface area contributed by atoms with Gasteiger partial charge < -0.3 is 0 Å². The van der Waals surface area contributed by atoms with Crippen LogP contribution in [0.1, 0.15) is 53.1 Å². The first kappa shape index (κ1) is 21.8. The number of aryl methyl sites for hydroxylation is 4. The summed E-state index contributed by atoms with van der Waals surface area (Å²) in [5.74, 6) is 5.88. The molecule has 160 valence electrons. The highest BCUT2D eigenvalue weighted by molar-refractivity contribution is 5.85. The minimum atomic E-state index is -0.243. The first-order valence-electron chi connectivity index (χ1n) is 11.5. The summed E-state index contributed by atoms with van der Waals surface area (Å²) in [6.07, 6.45) is 5.68. The summed E-state index contributed by atoms with van der Waals surface area (Å²) >= 11 is 0. The fourth-order valence-electron chi connectivity index (χ4n) is 3.94. The third-order valence-electron chi connectivity index (χ3n) is 5.95. The second kappa shape index (κ2) is 10.3. The molecule has 0 amide bonds. The van der Waals surface area contributed by atoms with Gasteiger partial charge >= 0.3 is 0 Å². The van der Waals surface area contributed by atoms with E-state index in [1.54, 1.807) is 6.07 Å². The van der Waals surface area contributed by atoms with Gasteiger partial charge in [0.2, 0.25) is 0 Å². The van der Waals surface area contributed by atoms with Crippen LogP contribution in [0.15, 0.2) is 78.9 Å². The van der Waals surface area contributed by atoms with Gasteiger partial charge in [-0.2, -0.15) is 0 Å². The predicted molar refractivity (Wildman–Crippen MR) is 134 cm³/mol. The molecular formula is C31H29F. The van der Waals surface area contributed by atoms with E-state index in [2.05, 4.69) is 55.2 Å². The van der Waals surface area contributed by atoms with Crippen molar-refractivity contribution in [2.45, 2.75) is 46.0 Å². The van der Waals surface area contributed by atoms with E-state index in [-0.39, 0.29) is 5.82 Å². The lowest BCUT2D eigenvalue weighted by Crippen LogP contribution is -1.93. The Morgan fingerprint density at radius 3 is 1.97 bits per heavy atom. The van der Waals surface area contributed by atoms with Crippen molar-refractivity contribution >= 4 is 10.8 Å². The van der Waals surface area contributed by atoms with E-state index in [1.807, 2.05) is 43.3 Å². The topological polar surface area (TPSA) is 0 Å². The molecule has 4 aromatic rings. The molecule has 0 aliphatic heterocycles. The summed E-state index contributed by atoms with van der Waals surface area (Å²) < 4.78 is 14.8. The van der Waals surface area contributed by atoms with E-state index in [9.17, 15) is 4.39 Å². The summed E-state index contributed by atoms with van der Waals surface area (Å²) in [4.78, 5) is 0. The summed E-state index contributed by atoms with van der Waals surface area (Å²) in [5.41, 5.74) is 6.55. The molecule has 0 nitrogen and oxygen atoms in total. The van der Waals surface area contributed by atoms with Crippen LogP contribution in [0, 0.1) is 24.6 Å². The van der Waals surface area contributed by atoms with Crippen LogP contribution in [0.3, 0.4) is 0 Å². The molecule has 32 heavy (non-hydrogen) atoms. The van der Waals surface area contributed by atoms with Crippen LogP contribution in [0.4, 0.5) is 4.39 Å². The van der Waals surface area contributed by atoms with Gasteiger partial charge in [0.1, 0.15) is 5.82 Å². The Balaban J connectivity index is 1.39. The lowest BCUT2D eigenvalue weighted by atomic mass is 10.0. The van der Waals surface area contributed by atoms with Gasteiger partial charge in [0, 0.05) is 10.9 Å². The summed E-state index contributed by atoms with van der Waals surface area (Å²) in [7, 11) is 0. The molecule has 0 atom stereocenters. The van der Waals surface area contributed by atoms with Gasteiger partial charge in [0.05, 0.1) is 5.56 Å². The smallest absolute Gasteiger partial charge is 0.146 e. The molecule has 0 fully saturated rings. The maximum atomic E-state index is 14.8. The molecule has 0 radical (unpaired) electrons. The SMILES string of the molecule is CCCCc1ccc(CCc2ccc(C#Cc3ccc4cc(C)ccc4c3F)cc2)cc1. The molecule has 0 saturated carbocycles. The number of unbranched alkanes of at least 4 members (excludes halogenated alkanes) is 1. The molecule has 0 heterocycles. The summed E-state index contributed by atoms with van der Waals surface area (Å²) in [5, 5.41) is 1.53. The largest absolute Gasteiger partial charge is 0.205 e. The molecule has 0 aliphatic rings. The summed E-state index contributed by atoms with van der Waals surface area (Å²) in [6, 6.07) is 26.8. The van der Waals surface area contributed by atoms with E-state index in [1.165, 1.54) is 36.0 Å². The first-order valence-corrected chi connectivity index (χ1v) is 11.5. The fourth-order valence-corrected chi connectivity index (χ4v) is 3.94. The van der Waals surface area contributed by atoms with Gasteiger partial charge in [-0.15, -0.1) is 0 Å². The summed E-state index contributed by atoms with van der Waals surface area (Å²) in [6.45, 7) is 4.24. The van der Waals surface area contributed by atoms with Gasteiger partial charge in [0.25, 0.3) is 0 Å². The lowest BCUT2D eigenvalue weighted by Gasteiger charge is -2.05. The first-order chi connectivity index (χ1) is 15.6. The molecule has 0 bridgehead atoms. The van der Waals surface area contributed by atoms with E-state index in [0.717, 1.165) is 29.4 Å². The van der Waals surface area contributed by atoms with Crippen molar-refractivity contribution < 1.29 is 4.39 Å². The van der Waals surface area contributed by atoms with E-state index >= 15 is 0 Å². The van der Waals surface area contributed by atoms with Crippen molar-refractivity contribution in [3.8, 4) is 11.8 Å². The molecule has 0 unspecified atom stereocenters. The number of hydrogen-bond acceptors (Lipinski definition) is 0. The zero-order chi connectivity index (χ0) is 22.3. The quantitative estimate of drug-likeness (QED) is 0.279. The molecule has 4 aromatic carbocycles. The highest BCUT2D eigenvalue weighted by Gasteiger charge is 2.05. The van der Waals surface area contributed by atoms with Crippen molar-refractivity contribution in [3.63, 3.8) is 0 Å². The third kappa shape index (κ3) is 5.45. The van der Waals surface area contributed by atoms with Crippen LogP contribution >= 0.6 is 0 Å². The van der Waals surface area contributed by atoms with Crippen LogP contribution in [0.2, 0.25) is 0 Å². The number of benzene rings is 4. The lowest BCUT2D eigenvalue weighted by molar-refractivity contribution is 0.636. The van der Waals surface area contributed by atoms with Crippen molar-refractivity contribution in [2.24, 2.45) is 0 Å². The second-order valence-electron chi connectivity index (χ2n) is 8.52. The van der Waals surface area contributed by atoms with Crippen LogP contribution in [-0.2, 0) is 19.3 Å². The number of hydrogen-bond donors (Lipinski definition) is 0. The highest BCUT2D eigenvalue weighted by Crippen LogP contribution is 2.22.